The van der Waals surface area contributed by atoms with E-state index in [0.29, 0.717) is 11.2 Å². The second-order valence-electron chi connectivity index (χ2n) is 2.91. The third-order valence-electron chi connectivity index (χ3n) is 2.00. The highest BCUT2D eigenvalue weighted by molar-refractivity contribution is 9.10. The number of carboxylic acid groups (broad SMARTS) is 1. The van der Waals surface area contributed by atoms with Gasteiger partial charge in [0.15, 0.2) is 0 Å². The van der Waals surface area contributed by atoms with Crippen molar-refractivity contribution in [2.24, 2.45) is 0 Å². The molecule has 2 rings (SSSR count). The van der Waals surface area contributed by atoms with E-state index in [0.717, 1.165) is 4.47 Å². The third-order valence-corrected chi connectivity index (χ3v) is 2.64. The summed E-state index contributed by atoms with van der Waals surface area (Å²) in [6, 6.07) is 3.60. The molecular weight excluding hydrogens is 248 g/mol. The molecule has 0 aromatic carbocycles. The topological polar surface area (TPSA) is 54.6 Å². The lowest BCUT2D eigenvalue weighted by Gasteiger charge is -1.96. The van der Waals surface area contributed by atoms with Gasteiger partial charge in [-0.05, 0) is 35.0 Å². The minimum atomic E-state index is -0.954. The standard InChI is InChI=1S/C9H7BrN2O2/c1-5-7(9(13)14)8-6(10)3-2-4-12(8)11-5/h2-4H,1H3,(H,13,14). The van der Waals surface area contributed by atoms with Crippen LogP contribution in [-0.4, -0.2) is 20.7 Å². The minimum absolute atomic E-state index is 0.248. The molecule has 0 amide bonds. The van der Waals surface area contributed by atoms with E-state index in [1.807, 2.05) is 0 Å². The second kappa shape index (κ2) is 3.09. The van der Waals surface area contributed by atoms with Crippen molar-refractivity contribution in [3.63, 3.8) is 0 Å². The van der Waals surface area contributed by atoms with E-state index in [1.165, 1.54) is 0 Å². The van der Waals surface area contributed by atoms with Gasteiger partial charge in [0.2, 0.25) is 0 Å². The zero-order valence-electron chi connectivity index (χ0n) is 7.36. The molecule has 5 heteroatoms. The number of pyridine rings is 1. The summed E-state index contributed by atoms with van der Waals surface area (Å²) in [5.41, 5.74) is 1.36. The number of aromatic carboxylic acids is 1. The number of aromatic nitrogens is 2. The first-order valence-corrected chi connectivity index (χ1v) is 4.77. The number of hydrogen-bond donors (Lipinski definition) is 1. The van der Waals surface area contributed by atoms with Crippen molar-refractivity contribution in [3.05, 3.63) is 34.1 Å². The van der Waals surface area contributed by atoms with Gasteiger partial charge in [-0.2, -0.15) is 5.10 Å². The molecule has 0 radical (unpaired) electrons. The normalized spacial score (nSPS) is 10.7. The van der Waals surface area contributed by atoms with Crippen LogP contribution in [0.25, 0.3) is 5.52 Å². The highest BCUT2D eigenvalue weighted by Crippen LogP contribution is 2.23. The lowest BCUT2D eigenvalue weighted by Crippen LogP contribution is -1.97. The SMILES string of the molecule is Cc1nn2cccc(Br)c2c1C(=O)O. The average molecular weight is 255 g/mol. The maximum atomic E-state index is 11.0. The Kier molecular flexibility index (Phi) is 2.03. The second-order valence-corrected chi connectivity index (χ2v) is 3.77. The average Bonchev–Trinajstić information content (AvgIpc) is 2.42. The quantitative estimate of drug-likeness (QED) is 0.848. The van der Waals surface area contributed by atoms with Crippen molar-refractivity contribution in [3.8, 4) is 0 Å². The summed E-state index contributed by atoms with van der Waals surface area (Å²) in [7, 11) is 0. The predicted octanol–water partition coefficient (Wildman–Crippen LogP) is 2.10. The smallest absolute Gasteiger partial charge is 0.339 e. The molecule has 0 spiro atoms. The Labute approximate surface area is 88.3 Å². The van der Waals surface area contributed by atoms with Crippen LogP contribution in [-0.2, 0) is 0 Å². The highest BCUT2D eigenvalue weighted by Gasteiger charge is 2.17. The lowest BCUT2D eigenvalue weighted by atomic mass is 10.2. The number of carbonyl (C=O) groups is 1. The molecule has 0 saturated carbocycles. The highest BCUT2D eigenvalue weighted by atomic mass is 79.9. The first-order valence-electron chi connectivity index (χ1n) is 3.98. The molecule has 0 aliphatic heterocycles. The summed E-state index contributed by atoms with van der Waals surface area (Å²) in [6.07, 6.45) is 1.72. The molecule has 0 aliphatic carbocycles. The Morgan fingerprint density at radius 2 is 2.36 bits per heavy atom. The Morgan fingerprint density at radius 1 is 1.64 bits per heavy atom. The Bertz CT molecular complexity index is 519. The predicted molar refractivity (Wildman–Crippen MR) is 54.6 cm³/mol. The lowest BCUT2D eigenvalue weighted by molar-refractivity contribution is 0.0698. The van der Waals surface area contributed by atoms with Gasteiger partial charge < -0.3 is 5.11 Å². The fourth-order valence-electron chi connectivity index (χ4n) is 1.43. The molecule has 4 nitrogen and oxygen atoms in total. The monoisotopic (exact) mass is 254 g/mol. The van der Waals surface area contributed by atoms with Crippen molar-refractivity contribution in [2.45, 2.75) is 6.92 Å². The zero-order chi connectivity index (χ0) is 10.3. The van der Waals surface area contributed by atoms with Gasteiger partial charge in [0.25, 0.3) is 0 Å². The fraction of sp³-hybridized carbons (Fsp3) is 0.111. The molecule has 0 aliphatic rings. The molecule has 72 valence electrons. The molecule has 2 aromatic heterocycles. The summed E-state index contributed by atoms with van der Waals surface area (Å²) < 4.78 is 2.29. The van der Waals surface area contributed by atoms with E-state index in [-0.39, 0.29) is 5.56 Å². The number of hydrogen-bond acceptors (Lipinski definition) is 2. The van der Waals surface area contributed by atoms with Crippen LogP contribution in [0.2, 0.25) is 0 Å². The number of fused-ring (bicyclic) bond motifs is 1. The van der Waals surface area contributed by atoms with Gasteiger partial charge >= 0.3 is 5.97 Å². The Morgan fingerprint density at radius 3 is 3.00 bits per heavy atom. The van der Waals surface area contributed by atoms with E-state index in [4.69, 9.17) is 5.11 Å². The Hall–Kier alpha value is -1.36. The van der Waals surface area contributed by atoms with Crippen molar-refractivity contribution >= 4 is 27.4 Å². The van der Waals surface area contributed by atoms with Crippen molar-refractivity contribution in [1.29, 1.82) is 0 Å². The van der Waals surface area contributed by atoms with Crippen molar-refractivity contribution in [2.75, 3.05) is 0 Å². The molecule has 1 N–H and O–H groups in total. The summed E-state index contributed by atoms with van der Waals surface area (Å²) in [5, 5.41) is 13.1. The van der Waals surface area contributed by atoms with E-state index < -0.39 is 5.97 Å². The van der Waals surface area contributed by atoms with Gasteiger partial charge in [-0.15, -0.1) is 0 Å². The zero-order valence-corrected chi connectivity index (χ0v) is 8.95. The van der Waals surface area contributed by atoms with Gasteiger partial charge in [-0.25, -0.2) is 9.31 Å². The molecule has 2 heterocycles. The number of halogens is 1. The fourth-order valence-corrected chi connectivity index (χ4v) is 1.96. The first kappa shape index (κ1) is 9.21. The van der Waals surface area contributed by atoms with E-state index in [2.05, 4.69) is 21.0 Å². The van der Waals surface area contributed by atoms with E-state index in [1.54, 1.807) is 29.8 Å². The van der Waals surface area contributed by atoms with Gasteiger partial charge in [-0.3, -0.25) is 0 Å². The van der Waals surface area contributed by atoms with Crippen LogP contribution in [0, 0.1) is 6.92 Å². The molecule has 0 fully saturated rings. The van der Waals surface area contributed by atoms with E-state index in [9.17, 15) is 4.79 Å². The van der Waals surface area contributed by atoms with Crippen LogP contribution in [0.4, 0.5) is 0 Å². The van der Waals surface area contributed by atoms with Crippen LogP contribution in [0.1, 0.15) is 16.1 Å². The summed E-state index contributed by atoms with van der Waals surface area (Å²) in [5.74, 6) is -0.954. The van der Waals surface area contributed by atoms with Crippen LogP contribution in [0.15, 0.2) is 22.8 Å². The molecule has 0 saturated heterocycles. The molecule has 2 aromatic rings. The summed E-state index contributed by atoms with van der Waals surface area (Å²) in [4.78, 5) is 11.0. The Balaban J connectivity index is 2.93. The number of rotatable bonds is 1. The third kappa shape index (κ3) is 1.21. The van der Waals surface area contributed by atoms with Crippen LogP contribution >= 0.6 is 15.9 Å². The van der Waals surface area contributed by atoms with Crippen molar-refractivity contribution < 1.29 is 9.90 Å². The summed E-state index contributed by atoms with van der Waals surface area (Å²) in [6.45, 7) is 1.68. The van der Waals surface area contributed by atoms with Crippen LogP contribution < -0.4 is 0 Å². The summed E-state index contributed by atoms with van der Waals surface area (Å²) >= 11 is 3.31. The number of nitrogens with zero attached hydrogens (tertiary/aromatic N) is 2. The molecular formula is C9H7BrN2O2. The van der Waals surface area contributed by atoms with Gasteiger partial charge in [0.05, 0.1) is 11.2 Å². The van der Waals surface area contributed by atoms with Crippen LogP contribution in [0.5, 0.6) is 0 Å². The maximum absolute atomic E-state index is 11.0. The minimum Gasteiger partial charge on any atom is -0.478 e. The molecule has 0 atom stereocenters. The van der Waals surface area contributed by atoms with E-state index >= 15 is 0 Å². The van der Waals surface area contributed by atoms with Gasteiger partial charge in [0.1, 0.15) is 5.56 Å². The number of aryl methyl sites for hydroxylation is 1. The molecule has 14 heavy (non-hydrogen) atoms. The molecule has 0 bridgehead atoms. The molecule has 0 unspecified atom stereocenters. The largest absolute Gasteiger partial charge is 0.478 e. The van der Waals surface area contributed by atoms with Crippen molar-refractivity contribution in [1.82, 2.24) is 9.61 Å². The maximum Gasteiger partial charge on any atom is 0.339 e. The number of carboxylic acids is 1. The van der Waals surface area contributed by atoms with Gasteiger partial charge in [-0.1, -0.05) is 0 Å². The first-order chi connectivity index (χ1) is 6.61. The van der Waals surface area contributed by atoms with Crippen LogP contribution in [0.3, 0.4) is 0 Å². The van der Waals surface area contributed by atoms with Gasteiger partial charge in [0, 0.05) is 10.7 Å².